The SMILES string of the molecule is C=C(C)[C@@H]1CC[C@]2(C(=O)NCc3ccc(OC)cc3)CC[C@]3(C)[C@H](CC[C@@H]4[C@@]5(C)CC=C(c6ccc(C(=O)O)cc6)C(C)(C)[C@@H]5CC[C@]43C)[C@@H]12. The molecule has 5 nitrogen and oxygen atoms in total. The lowest BCUT2D eigenvalue weighted by molar-refractivity contribution is -0.225. The van der Waals surface area contributed by atoms with E-state index in [9.17, 15) is 14.7 Å². The molecule has 5 aliphatic rings. The van der Waals surface area contributed by atoms with Gasteiger partial charge in [-0.1, -0.05) is 77.1 Å². The standard InChI is InChI=1S/C45H59NO4/c1-28(2)33-19-24-45(40(49)46-27-29-9-15-32(50-8)16-10-29)26-25-43(6)35(38(33)45)17-18-37-42(5)22-20-34(30-11-13-31(14-12-30)39(47)48)41(3,4)36(42)21-23-44(37,43)7/h9-16,20,33,35-38H,1,17-19,21-27H2,2-8H3,(H,46,49)(H,47,48)/t33-,35+,36-,37+,38+,42-,43+,44+,45-/m0/s1. The van der Waals surface area contributed by atoms with Gasteiger partial charge >= 0.3 is 5.97 Å². The molecule has 0 aliphatic heterocycles. The van der Waals surface area contributed by atoms with Crippen LogP contribution in [0.3, 0.4) is 0 Å². The van der Waals surface area contributed by atoms with Crippen LogP contribution >= 0.6 is 0 Å². The largest absolute Gasteiger partial charge is 0.497 e. The number of fused-ring (bicyclic) bond motifs is 7. The summed E-state index contributed by atoms with van der Waals surface area (Å²) < 4.78 is 5.35. The Morgan fingerprint density at radius 1 is 0.860 bits per heavy atom. The number of carbonyl (C=O) groups excluding carboxylic acids is 1. The minimum Gasteiger partial charge on any atom is -0.497 e. The van der Waals surface area contributed by atoms with E-state index in [4.69, 9.17) is 4.74 Å². The number of carbonyl (C=O) groups is 2. The number of nitrogens with one attached hydrogen (secondary N) is 1. The Morgan fingerprint density at radius 2 is 1.56 bits per heavy atom. The molecular weight excluding hydrogens is 618 g/mol. The highest BCUT2D eigenvalue weighted by Gasteiger charge is 2.71. The van der Waals surface area contributed by atoms with Gasteiger partial charge in [-0.2, -0.15) is 0 Å². The predicted octanol–water partition coefficient (Wildman–Crippen LogP) is 10.4. The van der Waals surface area contributed by atoms with Crippen LogP contribution in [0.25, 0.3) is 5.57 Å². The van der Waals surface area contributed by atoms with Gasteiger partial charge in [-0.3, -0.25) is 4.79 Å². The van der Waals surface area contributed by atoms with Crippen LogP contribution in [-0.2, 0) is 11.3 Å². The summed E-state index contributed by atoms with van der Waals surface area (Å²) in [7, 11) is 1.68. The zero-order chi connectivity index (χ0) is 35.9. The van der Waals surface area contributed by atoms with Crippen LogP contribution in [0.1, 0.15) is 121 Å². The van der Waals surface area contributed by atoms with Crippen LogP contribution < -0.4 is 10.1 Å². The Morgan fingerprint density at radius 3 is 2.20 bits per heavy atom. The number of carboxylic acid groups (broad SMARTS) is 1. The summed E-state index contributed by atoms with van der Waals surface area (Å²) in [6, 6.07) is 15.6. The van der Waals surface area contributed by atoms with Crippen LogP contribution in [-0.4, -0.2) is 24.1 Å². The molecule has 1 amide bonds. The van der Waals surface area contributed by atoms with Gasteiger partial charge in [0.2, 0.25) is 5.91 Å². The molecule has 50 heavy (non-hydrogen) atoms. The lowest BCUT2D eigenvalue weighted by Gasteiger charge is -2.72. The van der Waals surface area contributed by atoms with Crippen molar-refractivity contribution >= 4 is 17.4 Å². The Labute approximate surface area is 300 Å². The van der Waals surface area contributed by atoms with E-state index < -0.39 is 5.97 Å². The molecule has 2 N–H and O–H groups in total. The number of methoxy groups -OCH3 is 1. The molecule has 0 spiro atoms. The molecule has 5 aliphatic carbocycles. The summed E-state index contributed by atoms with van der Waals surface area (Å²) in [6.07, 6.45) is 12.5. The predicted molar refractivity (Wildman–Crippen MR) is 201 cm³/mol. The van der Waals surface area contributed by atoms with E-state index in [1.165, 1.54) is 36.8 Å². The van der Waals surface area contributed by atoms with Crippen molar-refractivity contribution in [2.75, 3.05) is 7.11 Å². The van der Waals surface area contributed by atoms with E-state index in [0.29, 0.717) is 41.7 Å². The fourth-order valence-electron chi connectivity index (χ4n) is 13.5. The second kappa shape index (κ2) is 12.1. The van der Waals surface area contributed by atoms with Crippen molar-refractivity contribution in [1.82, 2.24) is 5.32 Å². The maximum atomic E-state index is 14.5. The second-order valence-corrected chi connectivity index (χ2v) is 18.3. The zero-order valence-corrected chi connectivity index (χ0v) is 31.5. The lowest BCUT2D eigenvalue weighted by Crippen LogP contribution is -2.66. The van der Waals surface area contributed by atoms with Gasteiger partial charge in [0.15, 0.2) is 0 Å². The Balaban J connectivity index is 1.18. The third-order valence-corrected chi connectivity index (χ3v) is 16.2. The second-order valence-electron chi connectivity index (χ2n) is 18.3. The molecule has 0 bridgehead atoms. The Hall–Kier alpha value is -3.34. The molecular formula is C45H59NO4. The number of amides is 1. The molecule has 0 unspecified atom stereocenters. The summed E-state index contributed by atoms with van der Waals surface area (Å²) >= 11 is 0. The smallest absolute Gasteiger partial charge is 0.335 e. The first-order valence-corrected chi connectivity index (χ1v) is 19.2. The van der Waals surface area contributed by atoms with Crippen LogP contribution in [0.4, 0.5) is 0 Å². The number of carboxylic acids is 1. The van der Waals surface area contributed by atoms with Crippen molar-refractivity contribution in [2.45, 2.75) is 106 Å². The van der Waals surface area contributed by atoms with Gasteiger partial charge in [-0.05, 0) is 157 Å². The molecule has 268 valence electrons. The average Bonchev–Trinajstić information content (AvgIpc) is 3.49. The van der Waals surface area contributed by atoms with Gasteiger partial charge in [-0.15, -0.1) is 0 Å². The molecule has 9 atom stereocenters. The van der Waals surface area contributed by atoms with E-state index in [0.717, 1.165) is 49.0 Å². The lowest BCUT2D eigenvalue weighted by atomic mass is 9.32. The third-order valence-electron chi connectivity index (χ3n) is 16.2. The van der Waals surface area contributed by atoms with Crippen molar-refractivity contribution in [3.63, 3.8) is 0 Å². The summed E-state index contributed by atoms with van der Waals surface area (Å²) in [5.41, 5.74) is 5.43. The van der Waals surface area contributed by atoms with Crippen molar-refractivity contribution < 1.29 is 19.4 Å². The highest BCUT2D eigenvalue weighted by molar-refractivity contribution is 5.88. The number of hydrogen-bond donors (Lipinski definition) is 2. The summed E-state index contributed by atoms with van der Waals surface area (Å²) in [4.78, 5) is 26.1. The topological polar surface area (TPSA) is 75.6 Å². The van der Waals surface area contributed by atoms with E-state index in [1.807, 2.05) is 24.3 Å². The number of allylic oxidation sites excluding steroid dienone is 3. The van der Waals surface area contributed by atoms with Gasteiger partial charge in [-0.25, -0.2) is 4.79 Å². The van der Waals surface area contributed by atoms with E-state index in [2.05, 4.69) is 71.6 Å². The summed E-state index contributed by atoms with van der Waals surface area (Å²) in [6.45, 7) is 20.1. The summed E-state index contributed by atoms with van der Waals surface area (Å²) in [5.74, 6) is 2.61. The molecule has 4 fully saturated rings. The number of ether oxygens (including phenoxy) is 1. The fourth-order valence-corrected chi connectivity index (χ4v) is 13.5. The zero-order valence-electron chi connectivity index (χ0n) is 31.5. The first kappa shape index (κ1) is 35.1. The fraction of sp³-hybridized carbons (Fsp3) is 0.600. The number of rotatable bonds is 7. The monoisotopic (exact) mass is 677 g/mol. The minimum atomic E-state index is -0.877. The van der Waals surface area contributed by atoms with Crippen LogP contribution in [0.15, 0.2) is 66.8 Å². The Bertz CT molecular complexity index is 1710. The van der Waals surface area contributed by atoms with Crippen molar-refractivity contribution in [3.05, 3.63) is 83.4 Å². The number of aromatic carboxylic acids is 1. The number of hydrogen-bond acceptors (Lipinski definition) is 3. The molecule has 0 aromatic heterocycles. The molecule has 7 rings (SSSR count). The van der Waals surface area contributed by atoms with Crippen molar-refractivity contribution in [2.24, 2.45) is 56.7 Å². The van der Waals surface area contributed by atoms with E-state index >= 15 is 0 Å². The van der Waals surface area contributed by atoms with Crippen molar-refractivity contribution in [1.29, 1.82) is 0 Å². The molecule has 0 saturated heterocycles. The minimum absolute atomic E-state index is 0.0168. The van der Waals surface area contributed by atoms with E-state index in [1.54, 1.807) is 19.2 Å². The summed E-state index contributed by atoms with van der Waals surface area (Å²) in [5, 5.41) is 12.9. The molecule has 5 heteroatoms. The molecule has 0 heterocycles. The molecule has 2 aromatic rings. The van der Waals surface area contributed by atoms with E-state index in [-0.39, 0.29) is 33.0 Å². The first-order valence-electron chi connectivity index (χ1n) is 19.2. The average molecular weight is 678 g/mol. The Kier molecular flexibility index (Phi) is 8.51. The van der Waals surface area contributed by atoms with Crippen LogP contribution in [0.2, 0.25) is 0 Å². The maximum Gasteiger partial charge on any atom is 0.335 e. The van der Waals surface area contributed by atoms with Crippen molar-refractivity contribution in [3.8, 4) is 5.75 Å². The van der Waals surface area contributed by atoms with Crippen LogP contribution in [0.5, 0.6) is 5.75 Å². The van der Waals surface area contributed by atoms with Gasteiger partial charge in [0.05, 0.1) is 18.1 Å². The first-order chi connectivity index (χ1) is 23.6. The highest BCUT2D eigenvalue weighted by Crippen LogP contribution is 2.77. The maximum absolute atomic E-state index is 14.5. The van der Waals surface area contributed by atoms with Gasteiger partial charge in [0.1, 0.15) is 5.75 Å². The highest BCUT2D eigenvalue weighted by atomic mass is 16.5. The van der Waals surface area contributed by atoms with Gasteiger partial charge in [0, 0.05) is 6.54 Å². The van der Waals surface area contributed by atoms with Gasteiger partial charge in [0.25, 0.3) is 0 Å². The molecule has 0 radical (unpaired) electrons. The normalized spacial score (nSPS) is 38.4. The van der Waals surface area contributed by atoms with Gasteiger partial charge < -0.3 is 15.2 Å². The molecule has 4 saturated carbocycles. The third kappa shape index (κ3) is 4.99. The molecule has 2 aromatic carbocycles. The quantitative estimate of drug-likeness (QED) is 0.286. The number of benzene rings is 2. The van der Waals surface area contributed by atoms with Crippen LogP contribution in [0, 0.1) is 56.7 Å².